The van der Waals surface area contributed by atoms with E-state index < -0.39 is 0 Å². The summed E-state index contributed by atoms with van der Waals surface area (Å²) in [5.41, 5.74) is -0.0569. The summed E-state index contributed by atoms with van der Waals surface area (Å²) in [6, 6.07) is 0.294. The Morgan fingerprint density at radius 2 is 2.20 bits per heavy atom. The van der Waals surface area contributed by atoms with Gasteiger partial charge >= 0.3 is 5.69 Å². The van der Waals surface area contributed by atoms with E-state index >= 15 is 0 Å². The van der Waals surface area contributed by atoms with E-state index in [-0.39, 0.29) is 5.69 Å². The van der Waals surface area contributed by atoms with Crippen LogP contribution in [0, 0.1) is 5.92 Å². The van der Waals surface area contributed by atoms with E-state index in [4.69, 9.17) is 0 Å². The number of aromatic nitrogens is 3. The summed E-state index contributed by atoms with van der Waals surface area (Å²) < 4.78 is 3.00. The molecule has 1 heterocycles. The first-order valence-corrected chi connectivity index (χ1v) is 5.38. The van der Waals surface area contributed by atoms with Crippen molar-refractivity contribution in [3.8, 4) is 0 Å². The minimum absolute atomic E-state index is 0.0569. The van der Waals surface area contributed by atoms with Crippen molar-refractivity contribution >= 4 is 0 Å². The summed E-state index contributed by atoms with van der Waals surface area (Å²) in [6.45, 7) is 7.88. The molecule has 1 N–H and O–H groups in total. The third-order valence-corrected chi connectivity index (χ3v) is 2.53. The fraction of sp³-hybridized carbons (Fsp3) is 0.800. The zero-order chi connectivity index (χ0) is 11.4. The average Bonchev–Trinajstić information content (AvgIpc) is 2.48. The van der Waals surface area contributed by atoms with E-state index in [2.05, 4.69) is 31.2 Å². The van der Waals surface area contributed by atoms with Crippen molar-refractivity contribution in [1.82, 2.24) is 19.7 Å². The maximum absolute atomic E-state index is 11.6. The second kappa shape index (κ2) is 5.11. The lowest BCUT2D eigenvalue weighted by Gasteiger charge is -2.20. The molecule has 0 bridgehead atoms. The predicted molar refractivity (Wildman–Crippen MR) is 59.8 cm³/mol. The molecule has 0 saturated heterocycles. The van der Waals surface area contributed by atoms with Crippen LogP contribution in [0.3, 0.4) is 0 Å². The Morgan fingerprint density at radius 3 is 2.60 bits per heavy atom. The van der Waals surface area contributed by atoms with Crippen LogP contribution in [-0.2, 0) is 13.6 Å². The van der Waals surface area contributed by atoms with Crippen LogP contribution in [0.2, 0.25) is 0 Å². The number of hydrogen-bond donors (Lipinski definition) is 1. The molecule has 1 unspecified atom stereocenters. The van der Waals surface area contributed by atoms with Crippen molar-refractivity contribution in [2.45, 2.75) is 33.4 Å². The Labute approximate surface area is 90.1 Å². The first-order chi connectivity index (χ1) is 7.06. The number of nitrogens with zero attached hydrogens (tertiary/aromatic N) is 3. The molecule has 15 heavy (non-hydrogen) atoms. The van der Waals surface area contributed by atoms with E-state index in [9.17, 15) is 4.79 Å². The van der Waals surface area contributed by atoms with E-state index in [0.717, 1.165) is 6.54 Å². The topological polar surface area (TPSA) is 51.9 Å². The minimum atomic E-state index is -0.0569. The highest BCUT2D eigenvalue weighted by molar-refractivity contribution is 4.73. The molecule has 0 spiro atoms. The molecular weight excluding hydrogens is 192 g/mol. The molecule has 0 saturated carbocycles. The maximum atomic E-state index is 11.6. The quantitative estimate of drug-likeness (QED) is 0.759. The van der Waals surface area contributed by atoms with E-state index in [0.29, 0.717) is 18.5 Å². The Kier molecular flexibility index (Phi) is 4.08. The molecule has 0 fully saturated rings. The van der Waals surface area contributed by atoms with Gasteiger partial charge in [0.05, 0.1) is 6.54 Å². The van der Waals surface area contributed by atoms with Crippen molar-refractivity contribution in [1.29, 1.82) is 0 Å². The first-order valence-electron chi connectivity index (χ1n) is 5.38. The lowest BCUT2D eigenvalue weighted by molar-refractivity contribution is 0.343. The van der Waals surface area contributed by atoms with Crippen molar-refractivity contribution < 1.29 is 0 Å². The van der Waals surface area contributed by atoms with Crippen molar-refractivity contribution in [3.63, 3.8) is 0 Å². The van der Waals surface area contributed by atoms with Crippen LogP contribution in [0.5, 0.6) is 0 Å². The van der Waals surface area contributed by atoms with Crippen molar-refractivity contribution in [2.24, 2.45) is 13.0 Å². The van der Waals surface area contributed by atoms with Crippen LogP contribution in [0.15, 0.2) is 11.1 Å². The van der Waals surface area contributed by atoms with E-state index in [1.165, 1.54) is 9.25 Å². The smallest absolute Gasteiger partial charge is 0.312 e. The van der Waals surface area contributed by atoms with Crippen LogP contribution in [0.25, 0.3) is 0 Å². The predicted octanol–water partition coefficient (Wildman–Crippen LogP) is 0.216. The number of rotatable bonds is 5. The monoisotopic (exact) mass is 212 g/mol. The summed E-state index contributed by atoms with van der Waals surface area (Å²) in [6.07, 6.45) is 1.55. The van der Waals surface area contributed by atoms with Gasteiger partial charge in [0.15, 0.2) is 0 Å². The van der Waals surface area contributed by atoms with Gasteiger partial charge in [0.1, 0.15) is 6.33 Å². The molecule has 5 heteroatoms. The van der Waals surface area contributed by atoms with Gasteiger partial charge in [-0.25, -0.2) is 9.48 Å². The van der Waals surface area contributed by atoms with Crippen molar-refractivity contribution in [3.05, 3.63) is 16.8 Å². The fourth-order valence-corrected chi connectivity index (χ4v) is 1.51. The van der Waals surface area contributed by atoms with Gasteiger partial charge < -0.3 is 5.32 Å². The standard InChI is InChI=1S/C10H20N4O/c1-5-11-9(8(2)3)6-14-10(15)13(4)7-12-14/h7-9,11H,5-6H2,1-4H3. The van der Waals surface area contributed by atoms with Gasteiger partial charge in [-0.2, -0.15) is 5.10 Å². The summed E-state index contributed by atoms with van der Waals surface area (Å²) in [4.78, 5) is 11.6. The molecule has 1 aromatic heterocycles. The second-order valence-electron chi connectivity index (χ2n) is 4.11. The third-order valence-electron chi connectivity index (χ3n) is 2.53. The van der Waals surface area contributed by atoms with Gasteiger partial charge in [0.2, 0.25) is 0 Å². The van der Waals surface area contributed by atoms with Gasteiger partial charge in [-0.05, 0) is 12.5 Å². The SMILES string of the molecule is CCNC(Cn1ncn(C)c1=O)C(C)C. The first kappa shape index (κ1) is 12.0. The van der Waals surface area contributed by atoms with Crippen LogP contribution in [-0.4, -0.2) is 26.9 Å². The van der Waals surface area contributed by atoms with Gasteiger partial charge in [0, 0.05) is 13.1 Å². The molecule has 0 amide bonds. The molecule has 0 radical (unpaired) electrons. The lowest BCUT2D eigenvalue weighted by atomic mass is 10.0. The third kappa shape index (κ3) is 2.92. The van der Waals surface area contributed by atoms with Crippen molar-refractivity contribution in [2.75, 3.05) is 6.54 Å². The summed E-state index contributed by atoms with van der Waals surface area (Å²) >= 11 is 0. The summed E-state index contributed by atoms with van der Waals surface area (Å²) in [7, 11) is 1.71. The number of nitrogens with one attached hydrogen (secondary N) is 1. The van der Waals surface area contributed by atoms with Crippen LogP contribution in [0.1, 0.15) is 20.8 Å². The Morgan fingerprint density at radius 1 is 1.53 bits per heavy atom. The second-order valence-corrected chi connectivity index (χ2v) is 4.11. The molecule has 0 aliphatic carbocycles. The number of aryl methyl sites for hydroxylation is 1. The number of hydrogen-bond acceptors (Lipinski definition) is 3. The van der Waals surface area contributed by atoms with Gasteiger partial charge in [0.25, 0.3) is 0 Å². The molecule has 0 aromatic carbocycles. The highest BCUT2D eigenvalue weighted by Gasteiger charge is 2.14. The normalized spacial score (nSPS) is 13.4. The molecule has 86 valence electrons. The van der Waals surface area contributed by atoms with Crippen LogP contribution in [0.4, 0.5) is 0 Å². The molecule has 1 atom stereocenters. The van der Waals surface area contributed by atoms with Gasteiger partial charge in [-0.15, -0.1) is 0 Å². The molecule has 1 rings (SSSR count). The highest BCUT2D eigenvalue weighted by atomic mass is 16.2. The molecule has 5 nitrogen and oxygen atoms in total. The average molecular weight is 212 g/mol. The molecule has 0 aliphatic heterocycles. The minimum Gasteiger partial charge on any atom is -0.312 e. The van der Waals surface area contributed by atoms with Crippen LogP contribution >= 0.6 is 0 Å². The maximum Gasteiger partial charge on any atom is 0.345 e. The Hall–Kier alpha value is -1.10. The molecule has 0 aliphatic rings. The lowest BCUT2D eigenvalue weighted by Crippen LogP contribution is -2.40. The fourth-order valence-electron chi connectivity index (χ4n) is 1.51. The molecular formula is C10H20N4O. The zero-order valence-corrected chi connectivity index (χ0v) is 9.90. The Balaban J connectivity index is 2.74. The largest absolute Gasteiger partial charge is 0.345 e. The van der Waals surface area contributed by atoms with Gasteiger partial charge in [-0.3, -0.25) is 4.57 Å². The summed E-state index contributed by atoms with van der Waals surface area (Å²) in [5.74, 6) is 0.485. The summed E-state index contributed by atoms with van der Waals surface area (Å²) in [5, 5.41) is 7.40. The highest BCUT2D eigenvalue weighted by Crippen LogP contribution is 2.02. The van der Waals surface area contributed by atoms with Crippen LogP contribution < -0.4 is 11.0 Å². The number of likely N-dealkylation sites (N-methyl/N-ethyl adjacent to an activating group) is 1. The van der Waals surface area contributed by atoms with E-state index in [1.807, 2.05) is 0 Å². The molecule has 1 aromatic rings. The Bertz CT molecular complexity index is 353. The zero-order valence-electron chi connectivity index (χ0n) is 9.90. The van der Waals surface area contributed by atoms with E-state index in [1.54, 1.807) is 13.4 Å². The van der Waals surface area contributed by atoms with Gasteiger partial charge in [-0.1, -0.05) is 20.8 Å².